The van der Waals surface area contributed by atoms with E-state index in [0.29, 0.717) is 0 Å². The average Bonchev–Trinajstić information content (AvgIpc) is 2.73. The summed E-state index contributed by atoms with van der Waals surface area (Å²) < 4.78 is 21.0. The van der Waals surface area contributed by atoms with Crippen LogP contribution in [0.1, 0.15) is 55.4 Å². The predicted octanol–water partition coefficient (Wildman–Crippen LogP) is 0.450. The van der Waals surface area contributed by atoms with Crippen molar-refractivity contribution in [2.45, 2.75) is 79.8 Å². The van der Waals surface area contributed by atoms with E-state index < -0.39 is 60.1 Å². The molecule has 0 fully saturated rings. The van der Waals surface area contributed by atoms with Crippen molar-refractivity contribution in [1.29, 1.82) is 0 Å². The molecular formula is C22H36N2O10. The van der Waals surface area contributed by atoms with E-state index in [2.05, 4.69) is 0 Å². The molecule has 0 spiro atoms. The fraction of sp³-hybridized carbons (Fsp3) is 0.727. The molecule has 12 heteroatoms. The highest BCUT2D eigenvalue weighted by atomic mass is 16.6. The number of ether oxygens (including phenoxy) is 4. The third-order valence-electron chi connectivity index (χ3n) is 4.75. The Bertz CT molecular complexity index is 684. The topological polar surface area (TPSA) is 146 Å². The predicted molar refractivity (Wildman–Crippen MR) is 118 cm³/mol. The lowest BCUT2D eigenvalue weighted by Gasteiger charge is -2.37. The van der Waals surface area contributed by atoms with Gasteiger partial charge in [-0.2, -0.15) is 0 Å². The van der Waals surface area contributed by atoms with Gasteiger partial charge in [0, 0.05) is 53.9 Å². The molecule has 0 rings (SSSR count). The Labute approximate surface area is 199 Å². The molecule has 12 nitrogen and oxygen atoms in total. The van der Waals surface area contributed by atoms with Crippen molar-refractivity contribution in [1.82, 2.24) is 9.80 Å². The number of amides is 2. The van der Waals surface area contributed by atoms with Crippen LogP contribution in [-0.4, -0.2) is 96.1 Å². The molecule has 4 atom stereocenters. The van der Waals surface area contributed by atoms with Crippen LogP contribution in [-0.2, 0) is 47.7 Å². The van der Waals surface area contributed by atoms with Crippen LogP contribution in [0.5, 0.6) is 0 Å². The summed E-state index contributed by atoms with van der Waals surface area (Å²) in [6.07, 6.45) is -7.15. The summed E-state index contributed by atoms with van der Waals surface area (Å²) in [6, 6.07) is 0. The lowest BCUT2D eigenvalue weighted by Crippen LogP contribution is -2.60. The molecule has 0 aliphatic carbocycles. The first-order valence-corrected chi connectivity index (χ1v) is 11.1. The minimum Gasteiger partial charge on any atom is -0.454 e. The summed E-state index contributed by atoms with van der Waals surface area (Å²) in [4.78, 5) is 76.8. The molecule has 34 heavy (non-hydrogen) atoms. The van der Waals surface area contributed by atoms with E-state index in [1.807, 2.05) is 0 Å². The molecule has 194 valence electrons. The van der Waals surface area contributed by atoms with E-state index in [1.165, 1.54) is 9.80 Å². The van der Waals surface area contributed by atoms with Crippen LogP contribution >= 0.6 is 0 Å². The fourth-order valence-electron chi connectivity index (χ4n) is 3.29. The van der Waals surface area contributed by atoms with Crippen molar-refractivity contribution in [3.05, 3.63) is 0 Å². The maximum atomic E-state index is 13.2. The summed E-state index contributed by atoms with van der Waals surface area (Å²) in [5, 5.41) is 0. The summed E-state index contributed by atoms with van der Waals surface area (Å²) in [7, 11) is 0. The molecular weight excluding hydrogens is 452 g/mol. The first-order chi connectivity index (χ1) is 15.8. The van der Waals surface area contributed by atoms with E-state index in [0.717, 1.165) is 27.7 Å². The molecule has 0 radical (unpaired) electrons. The van der Waals surface area contributed by atoms with Crippen LogP contribution in [0.2, 0.25) is 0 Å². The average molecular weight is 489 g/mol. The summed E-state index contributed by atoms with van der Waals surface area (Å²) >= 11 is 0. The van der Waals surface area contributed by atoms with Gasteiger partial charge < -0.3 is 28.7 Å². The summed E-state index contributed by atoms with van der Waals surface area (Å²) in [5.74, 6) is -5.10. The van der Waals surface area contributed by atoms with Crippen LogP contribution < -0.4 is 0 Å². The van der Waals surface area contributed by atoms with Gasteiger partial charge in [-0.25, -0.2) is 0 Å². The van der Waals surface area contributed by atoms with Gasteiger partial charge in [0.2, 0.25) is 12.2 Å². The molecule has 0 saturated carbocycles. The number of rotatable bonds is 13. The highest BCUT2D eigenvalue weighted by molar-refractivity contribution is 5.87. The number of hydrogen-bond acceptors (Lipinski definition) is 10. The normalized spacial score (nSPS) is 14.0. The Morgan fingerprint density at radius 1 is 0.500 bits per heavy atom. The maximum Gasteiger partial charge on any atom is 0.303 e. The molecule has 0 aromatic rings. The van der Waals surface area contributed by atoms with Gasteiger partial charge in [-0.15, -0.1) is 0 Å². The minimum absolute atomic E-state index is 0.226. The van der Waals surface area contributed by atoms with Gasteiger partial charge in [-0.05, 0) is 27.7 Å². The van der Waals surface area contributed by atoms with E-state index in [4.69, 9.17) is 18.9 Å². The highest BCUT2D eigenvalue weighted by Gasteiger charge is 2.50. The van der Waals surface area contributed by atoms with E-state index in [-0.39, 0.29) is 26.2 Å². The Kier molecular flexibility index (Phi) is 13.5. The van der Waals surface area contributed by atoms with Gasteiger partial charge in [-0.3, -0.25) is 28.8 Å². The van der Waals surface area contributed by atoms with E-state index in [1.54, 1.807) is 27.7 Å². The van der Waals surface area contributed by atoms with Crippen molar-refractivity contribution in [3.8, 4) is 0 Å². The highest BCUT2D eigenvalue weighted by Crippen LogP contribution is 2.22. The molecule has 4 unspecified atom stereocenters. The molecule has 0 aliphatic rings. The SMILES string of the molecule is CCN(CC)C(=O)C(OC(C)=O)C(OC(C)=O)C(OC(C)=O)C(OC(C)=O)C(=O)N(CC)CC. The number of nitrogens with zero attached hydrogens (tertiary/aromatic N) is 2. The Balaban J connectivity index is 6.90. The van der Waals surface area contributed by atoms with Crippen LogP contribution in [0.4, 0.5) is 0 Å². The Morgan fingerprint density at radius 2 is 0.735 bits per heavy atom. The molecule has 0 aliphatic heterocycles. The zero-order valence-corrected chi connectivity index (χ0v) is 21.1. The Hall–Kier alpha value is -3.18. The van der Waals surface area contributed by atoms with Crippen molar-refractivity contribution in [2.24, 2.45) is 0 Å². The van der Waals surface area contributed by atoms with Gasteiger partial charge in [0.15, 0.2) is 12.2 Å². The zero-order valence-electron chi connectivity index (χ0n) is 21.1. The standard InChI is InChI=1S/C22H36N2O10/c1-9-23(10-2)21(29)19(33-15(7)27)17(31-13(5)25)18(32-14(6)26)20(34-16(8)28)22(30)24(11-3)12-4/h17-20H,9-12H2,1-8H3. The summed E-state index contributed by atoms with van der Waals surface area (Å²) in [6.45, 7) is 11.8. The number of likely N-dealkylation sites (N-methyl/N-ethyl adjacent to an activating group) is 2. The van der Waals surface area contributed by atoms with Crippen LogP contribution in [0, 0.1) is 0 Å². The van der Waals surface area contributed by atoms with Gasteiger partial charge in [0.25, 0.3) is 11.8 Å². The van der Waals surface area contributed by atoms with Crippen molar-refractivity contribution in [2.75, 3.05) is 26.2 Å². The zero-order chi connectivity index (χ0) is 26.6. The maximum absolute atomic E-state index is 13.2. The van der Waals surface area contributed by atoms with E-state index >= 15 is 0 Å². The third-order valence-corrected chi connectivity index (χ3v) is 4.75. The quantitative estimate of drug-likeness (QED) is 0.264. The second kappa shape index (κ2) is 14.9. The van der Waals surface area contributed by atoms with Crippen LogP contribution in [0.3, 0.4) is 0 Å². The van der Waals surface area contributed by atoms with Crippen LogP contribution in [0.25, 0.3) is 0 Å². The van der Waals surface area contributed by atoms with Crippen molar-refractivity contribution in [3.63, 3.8) is 0 Å². The van der Waals surface area contributed by atoms with Crippen LogP contribution in [0.15, 0.2) is 0 Å². The second-order valence-electron chi connectivity index (χ2n) is 7.23. The number of carbonyl (C=O) groups excluding carboxylic acids is 6. The number of esters is 4. The lowest BCUT2D eigenvalue weighted by atomic mass is 9.99. The van der Waals surface area contributed by atoms with E-state index in [9.17, 15) is 28.8 Å². The Morgan fingerprint density at radius 3 is 0.912 bits per heavy atom. The third kappa shape index (κ3) is 9.36. The first-order valence-electron chi connectivity index (χ1n) is 11.1. The molecule has 0 N–H and O–H groups in total. The van der Waals surface area contributed by atoms with Gasteiger partial charge in [-0.1, -0.05) is 0 Å². The molecule has 0 saturated heterocycles. The number of hydrogen-bond donors (Lipinski definition) is 0. The molecule has 0 aromatic carbocycles. The number of carbonyl (C=O) groups is 6. The van der Waals surface area contributed by atoms with Gasteiger partial charge in [0.05, 0.1) is 0 Å². The fourth-order valence-corrected chi connectivity index (χ4v) is 3.29. The monoisotopic (exact) mass is 488 g/mol. The minimum atomic E-state index is -1.79. The molecule has 0 heterocycles. The second-order valence-corrected chi connectivity index (χ2v) is 7.23. The lowest BCUT2D eigenvalue weighted by molar-refractivity contribution is -0.203. The summed E-state index contributed by atoms with van der Waals surface area (Å²) in [5.41, 5.74) is 0. The smallest absolute Gasteiger partial charge is 0.303 e. The van der Waals surface area contributed by atoms with Gasteiger partial charge >= 0.3 is 23.9 Å². The first kappa shape index (κ1) is 30.8. The van der Waals surface area contributed by atoms with Gasteiger partial charge in [0.1, 0.15) is 0 Å². The largest absolute Gasteiger partial charge is 0.454 e. The molecule has 0 bridgehead atoms. The van der Waals surface area contributed by atoms with Crippen molar-refractivity contribution < 1.29 is 47.7 Å². The molecule has 2 amide bonds. The van der Waals surface area contributed by atoms with Crippen molar-refractivity contribution >= 4 is 35.7 Å². The molecule has 0 aromatic heterocycles.